The molecule has 7 heteroatoms. The summed E-state index contributed by atoms with van der Waals surface area (Å²) >= 11 is 0. The van der Waals surface area contributed by atoms with Gasteiger partial charge in [0.2, 0.25) is 0 Å². The van der Waals surface area contributed by atoms with Crippen LogP contribution < -0.4 is 4.90 Å². The second-order valence-corrected chi connectivity index (χ2v) is 6.09. The highest BCUT2D eigenvalue weighted by Gasteiger charge is 2.25. The van der Waals surface area contributed by atoms with Gasteiger partial charge >= 0.3 is 5.97 Å². The van der Waals surface area contributed by atoms with Crippen LogP contribution in [0.1, 0.15) is 53.4 Å². The molecule has 2 aromatic rings. The summed E-state index contributed by atoms with van der Waals surface area (Å²) in [4.78, 5) is 25.9. The van der Waals surface area contributed by atoms with E-state index in [1.165, 1.54) is 0 Å². The Morgan fingerprint density at radius 1 is 1.48 bits per heavy atom. The van der Waals surface area contributed by atoms with Gasteiger partial charge in [0.15, 0.2) is 5.69 Å². The average Bonchev–Trinajstić information content (AvgIpc) is 3.04. The molecule has 25 heavy (non-hydrogen) atoms. The number of nitriles is 1. The summed E-state index contributed by atoms with van der Waals surface area (Å²) in [5.74, 6) is 0.767. The van der Waals surface area contributed by atoms with Gasteiger partial charge in [-0.05, 0) is 38.8 Å². The number of nitrogens with one attached hydrogen (secondary N) is 1. The van der Waals surface area contributed by atoms with Gasteiger partial charge in [-0.1, -0.05) is 0 Å². The van der Waals surface area contributed by atoms with Gasteiger partial charge in [-0.25, -0.2) is 14.8 Å². The molecule has 3 heterocycles. The quantitative estimate of drug-likeness (QED) is 0.860. The number of piperidine rings is 1. The van der Waals surface area contributed by atoms with Crippen molar-refractivity contribution in [2.24, 2.45) is 0 Å². The summed E-state index contributed by atoms with van der Waals surface area (Å²) in [6, 6.07) is 5.82. The monoisotopic (exact) mass is 339 g/mol. The molecule has 3 rings (SSSR count). The molecule has 1 aliphatic rings. The zero-order valence-corrected chi connectivity index (χ0v) is 14.5. The van der Waals surface area contributed by atoms with Crippen LogP contribution in [0.5, 0.6) is 0 Å². The van der Waals surface area contributed by atoms with Crippen molar-refractivity contribution in [3.8, 4) is 6.07 Å². The Hall–Kier alpha value is -2.88. The first kappa shape index (κ1) is 17.0. The Kier molecular flexibility index (Phi) is 4.98. The molecule has 0 aromatic carbocycles. The number of rotatable bonds is 4. The van der Waals surface area contributed by atoms with Crippen LogP contribution in [0.15, 0.2) is 18.3 Å². The lowest BCUT2D eigenvalue weighted by molar-refractivity contribution is 0.0519. The minimum absolute atomic E-state index is 0.287. The first-order valence-electron chi connectivity index (χ1n) is 8.47. The van der Waals surface area contributed by atoms with Crippen molar-refractivity contribution in [2.75, 3.05) is 24.6 Å². The number of carbonyl (C=O) groups is 1. The number of esters is 1. The van der Waals surface area contributed by atoms with Gasteiger partial charge in [0.25, 0.3) is 0 Å². The number of anilines is 1. The van der Waals surface area contributed by atoms with Crippen LogP contribution in [0.3, 0.4) is 0 Å². The smallest absolute Gasteiger partial charge is 0.358 e. The van der Waals surface area contributed by atoms with Crippen molar-refractivity contribution in [3.05, 3.63) is 41.2 Å². The van der Waals surface area contributed by atoms with Crippen LogP contribution in [-0.2, 0) is 4.74 Å². The SMILES string of the molecule is CCOC(=O)c1nc(C2CCN(c3ccnc(C#N)c3)CC2)[nH]c1C. The molecule has 0 aliphatic carbocycles. The van der Waals surface area contributed by atoms with Gasteiger partial charge in [0, 0.05) is 36.6 Å². The molecule has 7 nitrogen and oxygen atoms in total. The van der Waals surface area contributed by atoms with Gasteiger partial charge in [-0.15, -0.1) is 0 Å². The van der Waals surface area contributed by atoms with E-state index in [9.17, 15) is 4.79 Å². The fraction of sp³-hybridized carbons (Fsp3) is 0.444. The zero-order valence-electron chi connectivity index (χ0n) is 14.5. The van der Waals surface area contributed by atoms with Gasteiger partial charge in [0.05, 0.1) is 6.61 Å². The average molecular weight is 339 g/mol. The van der Waals surface area contributed by atoms with Crippen molar-refractivity contribution in [1.29, 1.82) is 5.26 Å². The number of H-pyrrole nitrogens is 1. The number of hydrogen-bond acceptors (Lipinski definition) is 6. The van der Waals surface area contributed by atoms with Gasteiger partial charge < -0.3 is 14.6 Å². The molecule has 2 aromatic heterocycles. The van der Waals surface area contributed by atoms with E-state index in [1.807, 2.05) is 19.1 Å². The summed E-state index contributed by atoms with van der Waals surface area (Å²) in [6.45, 7) is 5.71. The minimum Gasteiger partial charge on any atom is -0.461 e. The third-order valence-electron chi connectivity index (χ3n) is 4.48. The number of ether oxygens (including phenoxy) is 1. The molecule has 0 bridgehead atoms. The van der Waals surface area contributed by atoms with Crippen molar-refractivity contribution in [1.82, 2.24) is 15.0 Å². The summed E-state index contributed by atoms with van der Waals surface area (Å²) in [5.41, 5.74) is 2.59. The largest absolute Gasteiger partial charge is 0.461 e. The van der Waals surface area contributed by atoms with E-state index in [-0.39, 0.29) is 11.9 Å². The number of hydrogen-bond donors (Lipinski definition) is 1. The molecular weight excluding hydrogens is 318 g/mol. The maximum Gasteiger partial charge on any atom is 0.358 e. The van der Waals surface area contributed by atoms with Gasteiger partial charge in [-0.2, -0.15) is 5.26 Å². The molecule has 0 saturated carbocycles. The molecule has 1 fully saturated rings. The van der Waals surface area contributed by atoms with Crippen LogP contribution >= 0.6 is 0 Å². The number of aromatic nitrogens is 3. The fourth-order valence-corrected chi connectivity index (χ4v) is 3.16. The second kappa shape index (κ2) is 7.34. The van der Waals surface area contributed by atoms with Crippen LogP contribution in [0.25, 0.3) is 0 Å². The highest BCUT2D eigenvalue weighted by Crippen LogP contribution is 2.29. The summed E-state index contributed by atoms with van der Waals surface area (Å²) in [6.07, 6.45) is 3.53. The predicted molar refractivity (Wildman–Crippen MR) is 92.4 cm³/mol. The lowest BCUT2D eigenvalue weighted by Crippen LogP contribution is -2.33. The van der Waals surface area contributed by atoms with E-state index in [4.69, 9.17) is 10.00 Å². The molecule has 1 aliphatic heterocycles. The maximum absolute atomic E-state index is 11.9. The van der Waals surface area contributed by atoms with Crippen LogP contribution in [-0.4, -0.2) is 40.6 Å². The molecule has 0 radical (unpaired) electrons. The molecule has 130 valence electrons. The number of pyridine rings is 1. The van der Waals surface area contributed by atoms with E-state index in [0.29, 0.717) is 18.0 Å². The van der Waals surface area contributed by atoms with E-state index in [1.54, 1.807) is 13.1 Å². The second-order valence-electron chi connectivity index (χ2n) is 6.09. The molecule has 0 amide bonds. The lowest BCUT2D eigenvalue weighted by Gasteiger charge is -2.32. The van der Waals surface area contributed by atoms with E-state index in [2.05, 4.69) is 25.9 Å². The number of nitrogens with zero attached hydrogens (tertiary/aromatic N) is 4. The summed E-state index contributed by atoms with van der Waals surface area (Å²) < 4.78 is 5.04. The minimum atomic E-state index is -0.374. The number of carbonyl (C=O) groups excluding carboxylic acids is 1. The Morgan fingerprint density at radius 3 is 2.92 bits per heavy atom. The maximum atomic E-state index is 11.9. The molecule has 1 N–H and O–H groups in total. The van der Waals surface area contributed by atoms with Crippen LogP contribution in [0, 0.1) is 18.3 Å². The Balaban J connectivity index is 1.67. The number of aromatic amines is 1. The molecule has 0 spiro atoms. The first-order valence-corrected chi connectivity index (χ1v) is 8.47. The molecule has 0 unspecified atom stereocenters. The highest BCUT2D eigenvalue weighted by molar-refractivity contribution is 5.88. The van der Waals surface area contributed by atoms with Gasteiger partial charge in [-0.3, -0.25) is 0 Å². The number of imidazole rings is 1. The summed E-state index contributed by atoms with van der Waals surface area (Å²) in [7, 11) is 0. The normalized spacial score (nSPS) is 15.0. The standard InChI is InChI=1S/C18H21N5O2/c1-3-25-18(24)16-12(2)21-17(22-16)13-5-8-23(9-6-13)15-4-7-20-14(10-15)11-19/h4,7,10,13H,3,5-6,8-9H2,1-2H3,(H,21,22). The van der Waals surface area contributed by atoms with Crippen molar-refractivity contribution >= 4 is 11.7 Å². The Labute approximate surface area is 146 Å². The summed E-state index contributed by atoms with van der Waals surface area (Å²) in [5, 5.41) is 8.98. The molecular formula is C18H21N5O2. The molecule has 0 atom stereocenters. The third kappa shape index (κ3) is 3.63. The van der Waals surface area contributed by atoms with Gasteiger partial charge in [0.1, 0.15) is 17.6 Å². The van der Waals surface area contributed by atoms with Crippen molar-refractivity contribution in [2.45, 2.75) is 32.6 Å². The van der Waals surface area contributed by atoms with Crippen molar-refractivity contribution < 1.29 is 9.53 Å². The Bertz CT molecular complexity index is 800. The van der Waals surface area contributed by atoms with Crippen LogP contribution in [0.2, 0.25) is 0 Å². The Morgan fingerprint density at radius 2 is 2.24 bits per heavy atom. The van der Waals surface area contributed by atoms with E-state index < -0.39 is 0 Å². The van der Waals surface area contributed by atoms with Crippen molar-refractivity contribution in [3.63, 3.8) is 0 Å². The van der Waals surface area contributed by atoms with E-state index >= 15 is 0 Å². The lowest BCUT2D eigenvalue weighted by atomic mass is 9.96. The zero-order chi connectivity index (χ0) is 17.8. The van der Waals surface area contributed by atoms with E-state index in [0.717, 1.165) is 43.1 Å². The number of aryl methyl sites for hydroxylation is 1. The van der Waals surface area contributed by atoms with Crippen LogP contribution in [0.4, 0.5) is 5.69 Å². The third-order valence-corrected chi connectivity index (χ3v) is 4.48. The topological polar surface area (TPSA) is 94.9 Å². The first-order chi connectivity index (χ1) is 12.1. The molecule has 1 saturated heterocycles. The highest BCUT2D eigenvalue weighted by atomic mass is 16.5. The fourth-order valence-electron chi connectivity index (χ4n) is 3.16. The predicted octanol–water partition coefficient (Wildman–Crippen LogP) is 2.55.